The molecule has 1 fully saturated rings. The topological polar surface area (TPSA) is 3.24 Å². The molecule has 1 atom stereocenters. The van der Waals surface area contributed by atoms with Gasteiger partial charge in [-0.1, -0.05) is 15.9 Å². The third-order valence-corrected chi connectivity index (χ3v) is 4.67. The van der Waals surface area contributed by atoms with Crippen LogP contribution in [-0.2, 0) is 6.18 Å². The van der Waals surface area contributed by atoms with E-state index in [-0.39, 0.29) is 0 Å². The average molecular weight is 387 g/mol. The van der Waals surface area contributed by atoms with Gasteiger partial charge in [0.05, 0.1) is 11.3 Å². The normalized spacial score (nSPS) is 20.5. The number of hydrogen-bond acceptors (Lipinski definition) is 1. The van der Waals surface area contributed by atoms with E-state index < -0.39 is 11.7 Å². The van der Waals surface area contributed by atoms with Gasteiger partial charge in [-0.25, -0.2) is 0 Å². The van der Waals surface area contributed by atoms with Gasteiger partial charge in [-0.2, -0.15) is 13.2 Å². The molecule has 1 heterocycles. The Morgan fingerprint density at radius 3 is 2.56 bits per heavy atom. The van der Waals surface area contributed by atoms with Crippen LogP contribution in [0.15, 0.2) is 22.7 Å². The molecule has 18 heavy (non-hydrogen) atoms. The molecule has 1 aliphatic heterocycles. The molecule has 1 unspecified atom stereocenters. The van der Waals surface area contributed by atoms with Crippen molar-refractivity contribution in [3.63, 3.8) is 0 Å². The monoisotopic (exact) mass is 385 g/mol. The van der Waals surface area contributed by atoms with Crippen molar-refractivity contribution in [3.05, 3.63) is 28.2 Å². The van der Waals surface area contributed by atoms with E-state index in [9.17, 15) is 13.2 Å². The Kier molecular flexibility index (Phi) is 4.26. The lowest BCUT2D eigenvalue weighted by atomic mass is 10.1. The second kappa shape index (κ2) is 5.41. The maximum absolute atomic E-state index is 12.6. The quantitative estimate of drug-likeness (QED) is 0.666. The van der Waals surface area contributed by atoms with E-state index >= 15 is 0 Å². The van der Waals surface area contributed by atoms with Crippen LogP contribution in [0.4, 0.5) is 18.9 Å². The van der Waals surface area contributed by atoms with Gasteiger partial charge in [-0.15, -0.1) is 0 Å². The van der Waals surface area contributed by atoms with E-state index in [1.807, 2.05) is 0 Å². The van der Waals surface area contributed by atoms with Gasteiger partial charge in [0, 0.05) is 22.9 Å². The lowest BCUT2D eigenvalue weighted by Gasteiger charge is -2.21. The van der Waals surface area contributed by atoms with Gasteiger partial charge in [-0.05, 0) is 46.5 Å². The van der Waals surface area contributed by atoms with Crippen LogP contribution in [-0.4, -0.2) is 18.4 Å². The van der Waals surface area contributed by atoms with Gasteiger partial charge >= 0.3 is 6.18 Å². The summed E-state index contributed by atoms with van der Waals surface area (Å²) in [7, 11) is 0. The number of alkyl halides is 4. The third-order valence-electron chi connectivity index (χ3n) is 3.12. The van der Waals surface area contributed by atoms with Crippen LogP contribution in [0, 0.1) is 5.92 Å². The smallest absolute Gasteiger partial charge is 0.370 e. The molecule has 100 valence electrons. The fourth-order valence-corrected chi connectivity index (χ4v) is 3.28. The summed E-state index contributed by atoms with van der Waals surface area (Å²) in [6.07, 6.45) is -3.22. The Bertz CT molecular complexity index is 434. The Hall–Kier alpha value is -0.230. The summed E-state index contributed by atoms with van der Waals surface area (Å²) in [5.41, 5.74) is 0.223. The minimum absolute atomic E-state index is 0.507. The predicted octanol–water partition coefficient (Wildman–Crippen LogP) is 4.69. The fraction of sp³-hybridized carbons (Fsp3) is 0.500. The molecule has 1 aromatic rings. The van der Waals surface area contributed by atoms with Gasteiger partial charge in [0.2, 0.25) is 0 Å². The number of rotatable bonds is 2. The van der Waals surface area contributed by atoms with Crippen molar-refractivity contribution in [3.8, 4) is 0 Å². The van der Waals surface area contributed by atoms with Crippen molar-refractivity contribution in [2.24, 2.45) is 5.92 Å². The summed E-state index contributed by atoms with van der Waals surface area (Å²) in [5.74, 6) is 0.569. The highest BCUT2D eigenvalue weighted by atomic mass is 79.9. The van der Waals surface area contributed by atoms with Gasteiger partial charge < -0.3 is 4.90 Å². The fourth-order valence-electron chi connectivity index (χ4n) is 2.12. The summed E-state index contributed by atoms with van der Waals surface area (Å²) in [5, 5.41) is 0.932. The summed E-state index contributed by atoms with van der Waals surface area (Å²) >= 11 is 6.68. The predicted molar refractivity (Wildman–Crippen MR) is 73.3 cm³/mol. The van der Waals surface area contributed by atoms with Crippen LogP contribution >= 0.6 is 31.9 Å². The van der Waals surface area contributed by atoms with Crippen molar-refractivity contribution < 1.29 is 13.2 Å². The highest BCUT2D eigenvalue weighted by Gasteiger charge is 2.31. The first-order chi connectivity index (χ1) is 8.41. The van der Waals surface area contributed by atoms with E-state index in [1.165, 1.54) is 0 Å². The van der Waals surface area contributed by atoms with Crippen molar-refractivity contribution in [2.45, 2.75) is 12.6 Å². The SMILES string of the molecule is FC(F)(F)c1ccc(N2CCC(CBr)C2)c(Br)c1. The lowest BCUT2D eigenvalue weighted by molar-refractivity contribution is -0.137. The van der Waals surface area contributed by atoms with Gasteiger partial charge in [0.25, 0.3) is 0 Å². The second-order valence-electron chi connectivity index (χ2n) is 4.42. The first-order valence-corrected chi connectivity index (χ1v) is 7.51. The largest absolute Gasteiger partial charge is 0.416 e. The summed E-state index contributed by atoms with van der Waals surface area (Å²) in [6, 6.07) is 3.84. The highest BCUT2D eigenvalue weighted by molar-refractivity contribution is 9.10. The van der Waals surface area contributed by atoms with Crippen LogP contribution in [0.3, 0.4) is 0 Å². The molecule has 1 aliphatic rings. The highest BCUT2D eigenvalue weighted by Crippen LogP contribution is 2.36. The Balaban J connectivity index is 2.21. The molecule has 1 nitrogen and oxygen atoms in total. The molecule has 0 spiro atoms. The van der Waals surface area contributed by atoms with E-state index in [0.717, 1.165) is 42.7 Å². The zero-order valence-electron chi connectivity index (χ0n) is 9.47. The minimum atomic E-state index is -4.29. The van der Waals surface area contributed by atoms with Crippen molar-refractivity contribution >= 4 is 37.5 Å². The molecule has 2 rings (SSSR count). The molecule has 0 amide bonds. The average Bonchev–Trinajstić information content (AvgIpc) is 2.76. The molecule has 1 aromatic carbocycles. The Labute approximate surface area is 121 Å². The number of nitrogens with zero attached hydrogens (tertiary/aromatic N) is 1. The maximum atomic E-state index is 12.6. The van der Waals surface area contributed by atoms with Crippen molar-refractivity contribution in [2.75, 3.05) is 23.3 Å². The van der Waals surface area contributed by atoms with E-state index in [1.54, 1.807) is 6.07 Å². The molecule has 0 bridgehead atoms. The van der Waals surface area contributed by atoms with E-state index in [4.69, 9.17) is 0 Å². The molecular formula is C12H12Br2F3N. The standard InChI is InChI=1S/C12H12Br2F3N/c13-6-8-3-4-18(7-8)11-2-1-9(5-10(11)14)12(15,16)17/h1-2,5,8H,3-4,6-7H2. The molecule has 0 aromatic heterocycles. The molecule has 0 radical (unpaired) electrons. The summed E-state index contributed by atoms with van der Waals surface area (Å²) < 4.78 is 38.2. The number of benzene rings is 1. The first kappa shape index (κ1) is 14.2. The number of anilines is 1. The zero-order chi connectivity index (χ0) is 13.3. The van der Waals surface area contributed by atoms with Crippen LogP contribution in [0.1, 0.15) is 12.0 Å². The molecule has 1 saturated heterocycles. The molecular weight excluding hydrogens is 375 g/mol. The van der Waals surface area contributed by atoms with Gasteiger partial charge in [0.1, 0.15) is 0 Å². The summed E-state index contributed by atoms with van der Waals surface area (Å²) in [6.45, 7) is 1.77. The first-order valence-electron chi connectivity index (χ1n) is 5.59. The molecule has 0 saturated carbocycles. The van der Waals surface area contributed by atoms with E-state index in [0.29, 0.717) is 10.4 Å². The molecule has 0 aliphatic carbocycles. The van der Waals surface area contributed by atoms with Gasteiger partial charge in [0.15, 0.2) is 0 Å². The van der Waals surface area contributed by atoms with E-state index in [2.05, 4.69) is 36.8 Å². The van der Waals surface area contributed by atoms with Crippen LogP contribution in [0.5, 0.6) is 0 Å². The van der Waals surface area contributed by atoms with Gasteiger partial charge in [-0.3, -0.25) is 0 Å². The molecule has 0 N–H and O–H groups in total. The van der Waals surface area contributed by atoms with Crippen LogP contribution < -0.4 is 4.90 Å². The van der Waals surface area contributed by atoms with Crippen LogP contribution in [0.2, 0.25) is 0 Å². The minimum Gasteiger partial charge on any atom is -0.370 e. The maximum Gasteiger partial charge on any atom is 0.416 e. The van der Waals surface area contributed by atoms with Crippen molar-refractivity contribution in [1.29, 1.82) is 0 Å². The lowest BCUT2D eigenvalue weighted by Crippen LogP contribution is -2.20. The number of halogens is 5. The summed E-state index contributed by atoms with van der Waals surface area (Å²) in [4.78, 5) is 2.12. The van der Waals surface area contributed by atoms with Crippen LogP contribution in [0.25, 0.3) is 0 Å². The Morgan fingerprint density at radius 2 is 2.06 bits per heavy atom. The zero-order valence-corrected chi connectivity index (χ0v) is 12.6. The second-order valence-corrected chi connectivity index (χ2v) is 5.92. The molecule has 6 heteroatoms. The number of hydrogen-bond donors (Lipinski definition) is 0. The third kappa shape index (κ3) is 3.02. The van der Waals surface area contributed by atoms with Crippen molar-refractivity contribution in [1.82, 2.24) is 0 Å². The Morgan fingerprint density at radius 1 is 1.33 bits per heavy atom.